The molecule has 1 aromatic heterocycles. The third-order valence-electron chi connectivity index (χ3n) is 4.18. The van der Waals surface area contributed by atoms with Gasteiger partial charge in [-0.1, -0.05) is 27.7 Å². The number of rotatable bonds is 2. The zero-order valence-electron chi connectivity index (χ0n) is 10.6. The number of hydrogen-bond donors (Lipinski definition) is 2. The van der Waals surface area contributed by atoms with E-state index in [1.54, 1.807) is 0 Å². The van der Waals surface area contributed by atoms with Crippen LogP contribution in [0.1, 0.15) is 33.4 Å². The molecule has 88 valence electrons. The molecule has 0 amide bonds. The van der Waals surface area contributed by atoms with Crippen LogP contribution in [0.3, 0.4) is 0 Å². The Bertz CT molecular complexity index is 389. The number of aryl methyl sites for hydroxylation is 1. The summed E-state index contributed by atoms with van der Waals surface area (Å²) in [5.74, 6) is 1.16. The second kappa shape index (κ2) is 3.09. The van der Waals surface area contributed by atoms with Gasteiger partial charge in [0.1, 0.15) is 5.82 Å². The lowest BCUT2D eigenvalue weighted by atomic mass is 10.0. The molecule has 1 saturated carbocycles. The zero-order valence-corrected chi connectivity index (χ0v) is 10.6. The smallest absolute Gasteiger partial charge is 0.222 e. The first kappa shape index (κ1) is 11.2. The van der Waals surface area contributed by atoms with Crippen molar-refractivity contribution in [3.8, 4) is 0 Å². The third-order valence-corrected chi connectivity index (χ3v) is 4.18. The number of nitrogens with zero attached hydrogens (tertiary/aromatic N) is 2. The van der Waals surface area contributed by atoms with Crippen molar-refractivity contribution < 1.29 is 0 Å². The van der Waals surface area contributed by atoms with Gasteiger partial charge in [0.2, 0.25) is 5.95 Å². The first-order valence-corrected chi connectivity index (χ1v) is 5.63. The number of anilines is 2. The lowest BCUT2D eigenvalue weighted by molar-refractivity contribution is 0.457. The topological polar surface area (TPSA) is 63.8 Å². The summed E-state index contributed by atoms with van der Waals surface area (Å²) in [5, 5.41) is 3.45. The fraction of sp³-hybridized carbons (Fsp3) is 0.667. The van der Waals surface area contributed by atoms with Crippen molar-refractivity contribution >= 4 is 11.8 Å². The SMILES string of the molecule is Cc1cc(NC2C(C)(C)C2(C)C)nc(N)n1. The van der Waals surface area contributed by atoms with Crippen molar-refractivity contribution in [2.24, 2.45) is 10.8 Å². The van der Waals surface area contributed by atoms with Crippen LogP contribution in [-0.2, 0) is 0 Å². The Labute approximate surface area is 96.7 Å². The monoisotopic (exact) mass is 220 g/mol. The summed E-state index contributed by atoms with van der Waals surface area (Å²) in [6.07, 6.45) is 0. The number of hydrogen-bond acceptors (Lipinski definition) is 4. The van der Waals surface area contributed by atoms with Crippen LogP contribution in [0.15, 0.2) is 6.07 Å². The van der Waals surface area contributed by atoms with Crippen LogP contribution in [0.25, 0.3) is 0 Å². The minimum absolute atomic E-state index is 0.292. The summed E-state index contributed by atoms with van der Waals surface area (Å²) in [6, 6.07) is 2.37. The standard InChI is InChI=1S/C12H20N4/c1-7-6-8(16-10(13)14-7)15-9-11(2,3)12(9,4)5/h6,9H,1-5H3,(H3,13,14,15,16). The van der Waals surface area contributed by atoms with E-state index in [1.165, 1.54) is 0 Å². The summed E-state index contributed by atoms with van der Waals surface area (Å²) in [7, 11) is 0. The minimum atomic E-state index is 0.292. The Kier molecular flexibility index (Phi) is 2.16. The van der Waals surface area contributed by atoms with Crippen molar-refractivity contribution in [3.05, 3.63) is 11.8 Å². The van der Waals surface area contributed by atoms with Gasteiger partial charge in [-0.25, -0.2) is 4.98 Å². The predicted molar refractivity (Wildman–Crippen MR) is 66.2 cm³/mol. The lowest BCUT2D eigenvalue weighted by Crippen LogP contribution is -2.12. The fourth-order valence-electron chi connectivity index (χ4n) is 2.37. The van der Waals surface area contributed by atoms with Crippen molar-refractivity contribution in [2.45, 2.75) is 40.7 Å². The Morgan fingerprint density at radius 1 is 1.19 bits per heavy atom. The highest BCUT2D eigenvalue weighted by Crippen LogP contribution is 2.63. The van der Waals surface area contributed by atoms with E-state index in [0.29, 0.717) is 22.8 Å². The number of nitrogens with one attached hydrogen (secondary N) is 1. The van der Waals surface area contributed by atoms with Gasteiger partial charge < -0.3 is 11.1 Å². The van der Waals surface area contributed by atoms with Gasteiger partial charge in [-0.3, -0.25) is 0 Å². The van der Waals surface area contributed by atoms with Gasteiger partial charge >= 0.3 is 0 Å². The van der Waals surface area contributed by atoms with Gasteiger partial charge in [-0.05, 0) is 17.8 Å². The maximum Gasteiger partial charge on any atom is 0.222 e. The van der Waals surface area contributed by atoms with E-state index >= 15 is 0 Å². The zero-order chi connectivity index (χ0) is 12.1. The maximum absolute atomic E-state index is 5.63. The van der Waals surface area contributed by atoms with Crippen molar-refractivity contribution in [3.63, 3.8) is 0 Å². The molecule has 1 fully saturated rings. The molecule has 0 radical (unpaired) electrons. The highest BCUT2D eigenvalue weighted by atomic mass is 15.1. The molecule has 0 aliphatic heterocycles. The molecule has 2 rings (SSSR count). The average molecular weight is 220 g/mol. The molecule has 1 heterocycles. The summed E-state index contributed by atoms with van der Waals surface area (Å²) in [5.41, 5.74) is 7.11. The molecule has 1 aliphatic rings. The molecule has 1 aliphatic carbocycles. The molecule has 0 bridgehead atoms. The second-order valence-electron chi connectivity index (χ2n) is 5.77. The van der Waals surface area contributed by atoms with E-state index in [0.717, 1.165) is 11.5 Å². The third kappa shape index (κ3) is 1.52. The second-order valence-corrected chi connectivity index (χ2v) is 5.77. The van der Waals surface area contributed by atoms with Crippen LogP contribution in [0, 0.1) is 17.8 Å². The molecule has 16 heavy (non-hydrogen) atoms. The number of nitrogens with two attached hydrogens (primary N) is 1. The van der Waals surface area contributed by atoms with Gasteiger partial charge in [0.15, 0.2) is 0 Å². The van der Waals surface area contributed by atoms with Crippen molar-refractivity contribution in [1.82, 2.24) is 9.97 Å². The van der Waals surface area contributed by atoms with Gasteiger partial charge in [0, 0.05) is 17.8 Å². The predicted octanol–water partition coefficient (Wildman–Crippen LogP) is 2.21. The molecule has 0 saturated heterocycles. The minimum Gasteiger partial charge on any atom is -0.368 e. The molecule has 4 nitrogen and oxygen atoms in total. The van der Waals surface area contributed by atoms with Crippen LogP contribution in [0.2, 0.25) is 0 Å². The Balaban J connectivity index is 2.18. The maximum atomic E-state index is 5.63. The van der Waals surface area contributed by atoms with Crippen molar-refractivity contribution in [2.75, 3.05) is 11.1 Å². The molecule has 0 spiro atoms. The van der Waals surface area contributed by atoms with Crippen LogP contribution >= 0.6 is 0 Å². The lowest BCUT2D eigenvalue weighted by Gasteiger charge is -2.08. The quantitative estimate of drug-likeness (QED) is 0.802. The normalized spacial score (nSPS) is 21.8. The van der Waals surface area contributed by atoms with Crippen LogP contribution in [0.4, 0.5) is 11.8 Å². The molecular weight excluding hydrogens is 200 g/mol. The van der Waals surface area contributed by atoms with E-state index in [1.807, 2.05) is 13.0 Å². The summed E-state index contributed by atoms with van der Waals surface area (Å²) >= 11 is 0. The largest absolute Gasteiger partial charge is 0.368 e. The van der Waals surface area contributed by atoms with E-state index in [4.69, 9.17) is 5.73 Å². The van der Waals surface area contributed by atoms with Crippen molar-refractivity contribution in [1.29, 1.82) is 0 Å². The summed E-state index contributed by atoms with van der Waals surface area (Å²) < 4.78 is 0. The fourth-order valence-corrected chi connectivity index (χ4v) is 2.37. The molecule has 3 N–H and O–H groups in total. The summed E-state index contributed by atoms with van der Waals surface area (Å²) in [4.78, 5) is 8.26. The molecular formula is C12H20N4. The van der Waals surface area contributed by atoms with Gasteiger partial charge in [-0.15, -0.1) is 0 Å². The summed E-state index contributed by atoms with van der Waals surface area (Å²) in [6.45, 7) is 11.0. The average Bonchev–Trinajstić information content (AvgIpc) is 2.46. The van der Waals surface area contributed by atoms with Gasteiger partial charge in [0.25, 0.3) is 0 Å². The first-order valence-electron chi connectivity index (χ1n) is 5.63. The van der Waals surface area contributed by atoms with E-state index < -0.39 is 0 Å². The Hall–Kier alpha value is -1.32. The molecule has 1 aromatic rings. The number of nitrogen functional groups attached to an aromatic ring is 1. The van der Waals surface area contributed by atoms with Gasteiger partial charge in [-0.2, -0.15) is 4.98 Å². The van der Waals surface area contributed by atoms with Crippen LogP contribution in [-0.4, -0.2) is 16.0 Å². The highest BCUT2D eigenvalue weighted by molar-refractivity contribution is 5.45. The Morgan fingerprint density at radius 3 is 2.19 bits per heavy atom. The van der Waals surface area contributed by atoms with Gasteiger partial charge in [0.05, 0.1) is 0 Å². The molecule has 0 aromatic carbocycles. The Morgan fingerprint density at radius 2 is 1.75 bits per heavy atom. The number of aromatic nitrogens is 2. The molecule has 4 heteroatoms. The van der Waals surface area contributed by atoms with E-state index in [9.17, 15) is 0 Å². The highest BCUT2D eigenvalue weighted by Gasteiger charge is 2.65. The first-order chi connectivity index (χ1) is 7.25. The molecule has 0 unspecified atom stereocenters. The van der Waals surface area contributed by atoms with E-state index in [-0.39, 0.29) is 0 Å². The van der Waals surface area contributed by atoms with Crippen LogP contribution in [0.5, 0.6) is 0 Å². The molecule has 0 atom stereocenters. The van der Waals surface area contributed by atoms with Crippen LogP contribution < -0.4 is 11.1 Å². The van der Waals surface area contributed by atoms with E-state index in [2.05, 4.69) is 43.0 Å².